The van der Waals surface area contributed by atoms with Crippen LogP contribution in [0.15, 0.2) is 324 Å². The van der Waals surface area contributed by atoms with E-state index in [2.05, 4.69) is 330 Å². The molecule has 734 valence electrons. The number of likely N-dealkylation sites (tertiary alicyclic amines) is 3. The summed E-state index contributed by atoms with van der Waals surface area (Å²) in [6.45, 7) is 42.4. The number of aliphatic hydroxyl groups excluding tert-OH is 2. The first kappa shape index (κ1) is 123. The number of ether oxygens (including phenoxy) is 1. The Bertz CT molecular complexity index is 5180. The molecule has 34 heteroatoms. The predicted molar refractivity (Wildman–Crippen MR) is 584 cm³/mol. The summed E-state index contributed by atoms with van der Waals surface area (Å²) in [6.07, 6.45) is 16.2. The van der Waals surface area contributed by atoms with E-state index in [1.54, 1.807) is 18.2 Å². The third kappa shape index (κ3) is 45.6. The number of nitrogens with zero attached hydrogens (tertiary/aromatic N) is 13. The Hall–Kier alpha value is -8.09. The second kappa shape index (κ2) is 69.7. The molecule has 137 heavy (non-hydrogen) atoms. The van der Waals surface area contributed by atoms with Crippen LogP contribution in [0.3, 0.4) is 0 Å². The number of alkyl halides is 1. The number of nitriles is 4. The van der Waals surface area contributed by atoms with Gasteiger partial charge in [-0.15, -0.1) is 46.1 Å². The van der Waals surface area contributed by atoms with Crippen molar-refractivity contribution in [3.05, 3.63) is 363 Å². The van der Waals surface area contributed by atoms with Crippen molar-refractivity contribution in [1.29, 1.82) is 21.0 Å². The Labute approximate surface area is 878 Å². The number of primary sulfonamides is 1. The second-order valence-electron chi connectivity index (χ2n) is 31.6. The average molecular weight is 2400 g/mol. The number of nitro groups is 1. The van der Waals surface area contributed by atoms with Crippen LogP contribution in [0.1, 0.15) is 93.8 Å². The maximum Gasteiger partial charge on any atom is 0.289 e. The summed E-state index contributed by atoms with van der Waals surface area (Å²) < 4.78 is 34.4. The van der Waals surface area contributed by atoms with Gasteiger partial charge in [0.15, 0.2) is 4.90 Å². The lowest BCUT2D eigenvalue weighted by Crippen LogP contribution is -2.59. The van der Waals surface area contributed by atoms with Crippen molar-refractivity contribution in [3.8, 4) is 24.3 Å². The van der Waals surface area contributed by atoms with Gasteiger partial charge in [-0.05, 0) is 170 Å². The second-order valence-corrected chi connectivity index (χ2v) is 40.1. The number of fused-ring (bicyclic) bond motifs is 1. The standard InChI is InChI=1S/C17H23BrN2.C15H21BrN2.C13H15BrN2O.2C13H13BrN2.C11H14BrNO.C8H7BrO.C6H6N2O4S.C3H7N.C2H2BrN.C2H3NO.H3N/c1-4-10-19(3)13-17-16(12-20(17)11-5-2)14-6-8-15(18)9-7-14;1-17-8-2-3-9-18-10-14(15(18)11-17)12-4-6-13(16)7-5-12;1-2-8-16(9-7-15)10-13(17)11-3-5-12(14)6-4-11;2*1-2-7-16-9-12(13(16)8-15)10-3-5-11(14)6-4-10;1-2-7-13-8-11(14)9-3-5-10(12)6-4-9;9-7-3-1-6(2-4-7)8-5-10-8;7-13(11,12)6-4-2-1-3-5(6)8(9)10;1-2-3-4;3-1-2-4;1-3-2-4;/h4-9,16-17H,1-2,10-13H2,3H3;4-7,14-15H,2-3,8-11H2,1H3;2-6,13,17H,1,8-10H2;2*2-6,12-13H,1,7,9H2;2-6,11,13-14H,1,7-8H2;1-4,8H,5H2;1-4H,(H2,7,11,12);2H,1,3-4H2;1H2;1H3;1H3/t16?,17-;14-,15?;13-;2*12-,13+;11-;;;;;;/m010110....../s1. The minimum absolute atomic E-state index is 0. The van der Waals surface area contributed by atoms with E-state index in [0.29, 0.717) is 74.5 Å². The number of carbonyl (C=O) groups excluding carboxylic acids is 1. The number of isocyanates is 1. The summed E-state index contributed by atoms with van der Waals surface area (Å²) in [5.41, 5.74) is 12.9. The molecular formula is C103H127Br8N17O8S. The quantitative estimate of drug-likeness (QED) is 0.00292. The van der Waals surface area contributed by atoms with E-state index in [1.807, 2.05) is 120 Å². The Kier molecular flexibility index (Phi) is 62.6. The smallest absolute Gasteiger partial charge is 0.289 e. The molecule has 6 fully saturated rings. The van der Waals surface area contributed by atoms with Crippen molar-refractivity contribution >= 4 is 149 Å². The first-order valence-electron chi connectivity index (χ1n) is 43.7. The zero-order valence-corrected chi connectivity index (χ0v) is 91.3. The zero-order chi connectivity index (χ0) is 100. The number of likely N-dealkylation sites (N-methyl/N-ethyl adjacent to an activating group) is 2. The average Bonchev–Trinajstić information content (AvgIpc) is 1.49. The topological polar surface area (TPSA) is 377 Å². The monoisotopic (exact) mass is 2390 g/mol. The Morgan fingerprint density at radius 1 is 0.569 bits per heavy atom. The maximum absolute atomic E-state index is 10.8. The molecule has 8 aromatic carbocycles. The van der Waals surface area contributed by atoms with Gasteiger partial charge in [0.2, 0.25) is 16.1 Å². The van der Waals surface area contributed by atoms with Gasteiger partial charge < -0.3 is 42.0 Å². The minimum atomic E-state index is -4.02. The van der Waals surface area contributed by atoms with E-state index >= 15 is 0 Å². The van der Waals surface area contributed by atoms with Crippen LogP contribution in [0.4, 0.5) is 5.69 Å². The Balaban J connectivity index is 0.000000397. The number of nitrogens with one attached hydrogen (secondary N) is 1. The number of sulfonamides is 1. The van der Waals surface area contributed by atoms with E-state index in [4.69, 9.17) is 41.5 Å². The van der Waals surface area contributed by atoms with Gasteiger partial charge in [-0.1, -0.05) is 267 Å². The van der Waals surface area contributed by atoms with E-state index in [9.17, 15) is 28.7 Å². The number of para-hydroxylation sites is 1. The molecule has 6 heterocycles. The van der Waals surface area contributed by atoms with Gasteiger partial charge >= 0.3 is 0 Å². The van der Waals surface area contributed by atoms with Crippen LogP contribution < -0.4 is 22.3 Å². The van der Waals surface area contributed by atoms with Gasteiger partial charge in [-0.2, -0.15) is 21.0 Å². The molecule has 0 amide bonds. The number of halogens is 8. The highest BCUT2D eigenvalue weighted by Gasteiger charge is 2.43. The Morgan fingerprint density at radius 2 is 0.956 bits per heavy atom. The number of nitrogens with two attached hydrogens (primary N) is 2. The van der Waals surface area contributed by atoms with Crippen LogP contribution in [0, 0.1) is 55.4 Å². The first-order valence-corrected chi connectivity index (χ1v) is 51.9. The first-order chi connectivity index (χ1) is 65.3. The number of aliphatic imine (C=N–C) groups is 1. The van der Waals surface area contributed by atoms with Gasteiger partial charge in [0, 0.05) is 178 Å². The van der Waals surface area contributed by atoms with Gasteiger partial charge in [0.05, 0.1) is 59.9 Å². The van der Waals surface area contributed by atoms with Crippen molar-refractivity contribution in [2.75, 3.05) is 151 Å². The summed E-state index contributed by atoms with van der Waals surface area (Å²) in [4.78, 5) is 37.0. The fourth-order valence-corrected chi connectivity index (χ4v) is 17.3. The van der Waals surface area contributed by atoms with Crippen molar-refractivity contribution in [2.24, 2.45) is 15.9 Å². The molecule has 8 aromatic rings. The normalized spacial score (nSPS) is 18.9. The van der Waals surface area contributed by atoms with E-state index in [-0.39, 0.29) is 18.2 Å². The molecule has 0 bridgehead atoms. The lowest BCUT2D eigenvalue weighted by Gasteiger charge is -2.51. The maximum atomic E-state index is 10.8. The van der Waals surface area contributed by atoms with Crippen molar-refractivity contribution in [2.45, 2.75) is 83.9 Å². The zero-order valence-electron chi connectivity index (χ0n) is 77.8. The van der Waals surface area contributed by atoms with Crippen LogP contribution >= 0.6 is 127 Å². The SMILES string of the molecule is Brc1ccc(C2CO2)cc1.C=CCN.C=CCN(C)C[C@H]1C(c2ccc(Br)cc2)CN1CC=C.C=CCN(CC#N)C[C@H](O)c1ccc(Br)cc1.C=CCN1C[C@H](c2ccc(Br)cc2)[C@@H]1C#N.C=CCN1C[C@H](c2ccc(Br)cc2)[C@@H]1C#N.C=CCNC[C@H](O)c1ccc(Br)cc1.CN1CCCCN2C[C@H](c3ccc(Br)cc3)C2C1.CN=C=O.N.N#CCBr.NS(=O)(=O)c1ccccc1[N+](=O)[O-]. The molecule has 10 N–H and O–H groups in total. The number of benzene rings is 8. The van der Waals surface area contributed by atoms with Gasteiger partial charge in [0.1, 0.15) is 18.2 Å². The predicted octanol–water partition coefficient (Wildman–Crippen LogP) is 21.0. The molecule has 0 aromatic heterocycles. The van der Waals surface area contributed by atoms with Crippen molar-refractivity contribution in [3.63, 3.8) is 0 Å². The van der Waals surface area contributed by atoms with Crippen LogP contribution in [0.2, 0.25) is 0 Å². The molecule has 11 atom stereocenters. The third-order valence-electron chi connectivity index (χ3n) is 21.9. The number of nitro benzene ring substituents is 1. The summed E-state index contributed by atoms with van der Waals surface area (Å²) in [6, 6.07) is 72.4. The lowest BCUT2D eigenvalue weighted by atomic mass is 9.81. The highest BCUT2D eigenvalue weighted by molar-refractivity contribution is 9.11. The highest BCUT2D eigenvalue weighted by Crippen LogP contribution is 2.40. The molecular weight excluding hydrogens is 2270 g/mol. The number of hydrogen-bond donors (Lipinski definition) is 6. The molecule has 0 spiro atoms. The largest absolute Gasteiger partial charge is 0.387 e. The molecule has 6 aliphatic heterocycles. The number of aliphatic hydroxyl groups is 2. The van der Waals surface area contributed by atoms with E-state index in [0.717, 1.165) is 121 Å². The summed E-state index contributed by atoms with van der Waals surface area (Å²) in [5.74, 6) is 2.05. The number of epoxide rings is 1. The Morgan fingerprint density at radius 3 is 1.32 bits per heavy atom. The van der Waals surface area contributed by atoms with Crippen molar-refractivity contribution < 1.29 is 33.1 Å². The lowest BCUT2D eigenvalue weighted by molar-refractivity contribution is -0.387. The summed E-state index contributed by atoms with van der Waals surface area (Å²) in [5, 5.41) is 72.9. The summed E-state index contributed by atoms with van der Waals surface area (Å²) in [7, 11) is 1.78. The van der Waals surface area contributed by atoms with Gasteiger partial charge in [-0.25, -0.2) is 23.3 Å². The van der Waals surface area contributed by atoms with E-state index < -0.39 is 37.7 Å². The highest BCUT2D eigenvalue weighted by atomic mass is 79.9. The van der Waals surface area contributed by atoms with Crippen LogP contribution in [-0.4, -0.2) is 239 Å². The molecule has 6 aliphatic rings. The fraction of sp³-hybridized carbons (Fsp3) is 0.350. The van der Waals surface area contributed by atoms with Crippen molar-refractivity contribution in [1.82, 2.24) is 45.8 Å². The molecule has 3 unspecified atom stereocenters. The molecule has 6 saturated heterocycles. The van der Waals surface area contributed by atoms with Crippen LogP contribution in [0.5, 0.6) is 0 Å². The molecule has 0 saturated carbocycles. The number of hydrogen-bond acceptors (Lipinski definition) is 23. The molecule has 25 nitrogen and oxygen atoms in total. The minimum Gasteiger partial charge on any atom is -0.387 e. The summed E-state index contributed by atoms with van der Waals surface area (Å²) >= 11 is 26.8. The fourth-order valence-electron chi connectivity index (χ4n) is 14.8. The molecule has 0 radical (unpaired) electrons. The third-order valence-corrected chi connectivity index (χ3v) is 26.8. The molecule has 0 aliphatic carbocycles. The van der Waals surface area contributed by atoms with Crippen LogP contribution in [-0.2, 0) is 19.6 Å². The molecule has 14 rings (SSSR count). The van der Waals surface area contributed by atoms with Gasteiger partial charge in [0.25, 0.3) is 5.69 Å². The van der Waals surface area contributed by atoms with Crippen LogP contribution in [0.25, 0.3) is 0 Å². The number of rotatable bonds is 29. The van der Waals surface area contributed by atoms with Gasteiger partial charge in [-0.3, -0.25) is 34.6 Å². The van der Waals surface area contributed by atoms with E-state index in [1.165, 1.54) is 96.6 Å².